The van der Waals surface area contributed by atoms with Crippen molar-refractivity contribution in [1.82, 2.24) is 25.0 Å². The molecule has 1 saturated heterocycles. The summed E-state index contributed by atoms with van der Waals surface area (Å²) in [6.45, 7) is 1.15. The van der Waals surface area contributed by atoms with E-state index in [0.29, 0.717) is 24.2 Å². The molecule has 0 aliphatic carbocycles. The molecule has 0 atom stereocenters. The number of para-hydroxylation sites is 1. The SMILES string of the molecule is O=C(c1cc2ccccc2[nH]1)N1CCc2[nH]nc(C(=O)N3CCS(=O)(=O)CC3)c2C1. The molecule has 1 aromatic carbocycles. The van der Waals surface area contributed by atoms with E-state index < -0.39 is 9.84 Å². The standard InChI is InChI=1S/C20H21N5O4S/c26-19(17-11-13-3-1-2-4-15(13)21-17)25-6-5-16-14(12-25)18(23-22-16)20(27)24-7-9-30(28,29)10-8-24/h1-4,11,21H,5-10,12H2,(H,22,23). The summed E-state index contributed by atoms with van der Waals surface area (Å²) in [4.78, 5) is 32.4. The van der Waals surface area contributed by atoms with Crippen LogP contribution in [0, 0.1) is 0 Å². The number of hydrogen-bond donors (Lipinski definition) is 2. The van der Waals surface area contributed by atoms with E-state index >= 15 is 0 Å². The summed E-state index contributed by atoms with van der Waals surface area (Å²) < 4.78 is 23.3. The zero-order chi connectivity index (χ0) is 20.9. The average Bonchev–Trinajstić information content (AvgIpc) is 3.36. The third kappa shape index (κ3) is 3.26. The molecule has 0 unspecified atom stereocenters. The zero-order valence-electron chi connectivity index (χ0n) is 16.2. The van der Waals surface area contributed by atoms with Crippen molar-refractivity contribution < 1.29 is 18.0 Å². The summed E-state index contributed by atoms with van der Waals surface area (Å²) in [5.74, 6) is -0.477. The molecule has 0 bridgehead atoms. The van der Waals surface area contributed by atoms with Crippen molar-refractivity contribution in [1.29, 1.82) is 0 Å². The van der Waals surface area contributed by atoms with Crippen molar-refractivity contribution >= 4 is 32.6 Å². The number of H-pyrrole nitrogens is 2. The highest BCUT2D eigenvalue weighted by Crippen LogP contribution is 2.24. The molecule has 156 valence electrons. The van der Waals surface area contributed by atoms with Crippen LogP contribution in [0.2, 0.25) is 0 Å². The van der Waals surface area contributed by atoms with E-state index in [0.717, 1.165) is 16.6 Å². The normalized spacial score (nSPS) is 18.4. The predicted octanol–water partition coefficient (Wildman–Crippen LogP) is 0.960. The van der Waals surface area contributed by atoms with Crippen LogP contribution in [0.25, 0.3) is 10.9 Å². The predicted molar refractivity (Wildman–Crippen MR) is 110 cm³/mol. The van der Waals surface area contributed by atoms with E-state index in [4.69, 9.17) is 0 Å². The molecule has 0 saturated carbocycles. The number of sulfone groups is 1. The molecule has 5 rings (SSSR count). The van der Waals surface area contributed by atoms with Gasteiger partial charge in [-0.05, 0) is 12.1 Å². The van der Waals surface area contributed by atoms with Gasteiger partial charge >= 0.3 is 0 Å². The Morgan fingerprint density at radius 2 is 1.77 bits per heavy atom. The lowest BCUT2D eigenvalue weighted by atomic mass is 10.0. The molecule has 1 fully saturated rings. The first-order valence-corrected chi connectivity index (χ1v) is 11.7. The maximum Gasteiger partial charge on any atom is 0.274 e. The summed E-state index contributed by atoms with van der Waals surface area (Å²) in [5.41, 5.74) is 3.25. The van der Waals surface area contributed by atoms with Gasteiger partial charge in [-0.15, -0.1) is 0 Å². The Bertz CT molecular complexity index is 1210. The molecule has 0 radical (unpaired) electrons. The first kappa shape index (κ1) is 18.9. The lowest BCUT2D eigenvalue weighted by Gasteiger charge is -2.29. The summed E-state index contributed by atoms with van der Waals surface area (Å²) in [7, 11) is -3.08. The number of carbonyl (C=O) groups is 2. The van der Waals surface area contributed by atoms with E-state index in [1.54, 1.807) is 4.90 Å². The maximum absolute atomic E-state index is 13.1. The van der Waals surface area contributed by atoms with Gasteiger partial charge in [-0.3, -0.25) is 14.7 Å². The van der Waals surface area contributed by atoms with Gasteiger partial charge in [0.1, 0.15) is 5.69 Å². The highest BCUT2D eigenvalue weighted by Gasteiger charge is 2.32. The molecule has 2 N–H and O–H groups in total. The van der Waals surface area contributed by atoms with Crippen LogP contribution in [0.5, 0.6) is 0 Å². The van der Waals surface area contributed by atoms with E-state index in [1.165, 1.54) is 4.90 Å². The van der Waals surface area contributed by atoms with Crippen LogP contribution in [0.1, 0.15) is 32.2 Å². The number of nitrogens with one attached hydrogen (secondary N) is 2. The Morgan fingerprint density at radius 3 is 2.53 bits per heavy atom. The van der Waals surface area contributed by atoms with Gasteiger partial charge in [-0.25, -0.2) is 8.42 Å². The quantitative estimate of drug-likeness (QED) is 0.631. The molecule has 3 aromatic rings. The van der Waals surface area contributed by atoms with Crippen molar-refractivity contribution in [2.45, 2.75) is 13.0 Å². The molecule has 2 aliphatic rings. The number of aromatic amines is 2. The molecule has 0 spiro atoms. The second kappa shape index (κ2) is 6.98. The number of benzene rings is 1. The molecule has 2 aromatic heterocycles. The monoisotopic (exact) mass is 427 g/mol. The van der Waals surface area contributed by atoms with Gasteiger partial charge in [0.2, 0.25) is 0 Å². The number of carbonyl (C=O) groups excluding carboxylic acids is 2. The topological polar surface area (TPSA) is 119 Å². The highest BCUT2D eigenvalue weighted by atomic mass is 32.2. The number of fused-ring (bicyclic) bond motifs is 2. The Balaban J connectivity index is 1.37. The first-order valence-electron chi connectivity index (χ1n) is 9.84. The van der Waals surface area contributed by atoms with Crippen molar-refractivity contribution in [2.24, 2.45) is 0 Å². The summed E-state index contributed by atoms with van der Waals surface area (Å²) in [6, 6.07) is 9.54. The van der Waals surface area contributed by atoms with Gasteiger partial charge in [-0.1, -0.05) is 18.2 Å². The van der Waals surface area contributed by atoms with Gasteiger partial charge in [0.15, 0.2) is 15.5 Å². The van der Waals surface area contributed by atoms with Crippen LogP contribution < -0.4 is 0 Å². The average molecular weight is 427 g/mol. The molecule has 30 heavy (non-hydrogen) atoms. The largest absolute Gasteiger partial charge is 0.351 e. The molecule has 2 amide bonds. The molecule has 2 aliphatic heterocycles. The summed E-state index contributed by atoms with van der Waals surface area (Å²) in [6.07, 6.45) is 0.579. The van der Waals surface area contributed by atoms with Crippen molar-refractivity contribution in [3.63, 3.8) is 0 Å². The minimum absolute atomic E-state index is 0.0314. The van der Waals surface area contributed by atoms with Gasteiger partial charge in [0, 0.05) is 48.2 Å². The summed E-state index contributed by atoms with van der Waals surface area (Å²) >= 11 is 0. The van der Waals surface area contributed by atoms with Crippen LogP contribution in [-0.4, -0.2) is 76.4 Å². The summed E-state index contributed by atoms with van der Waals surface area (Å²) in [5, 5.41) is 8.09. The Hall–Kier alpha value is -3.14. The van der Waals surface area contributed by atoms with E-state index in [9.17, 15) is 18.0 Å². The molecule has 4 heterocycles. The van der Waals surface area contributed by atoms with E-state index in [2.05, 4.69) is 15.2 Å². The number of nitrogens with zero attached hydrogens (tertiary/aromatic N) is 3. The molecular formula is C20H21N5O4S. The third-order valence-electron chi connectivity index (χ3n) is 5.82. The third-order valence-corrected chi connectivity index (χ3v) is 7.42. The van der Waals surface area contributed by atoms with Crippen molar-refractivity contribution in [3.8, 4) is 0 Å². The van der Waals surface area contributed by atoms with E-state index in [-0.39, 0.29) is 48.6 Å². The number of aromatic nitrogens is 3. The van der Waals surface area contributed by atoms with Crippen LogP contribution in [0.15, 0.2) is 30.3 Å². The first-order chi connectivity index (χ1) is 14.4. The van der Waals surface area contributed by atoms with Crippen LogP contribution in [0.3, 0.4) is 0 Å². The fraction of sp³-hybridized carbons (Fsp3) is 0.350. The van der Waals surface area contributed by atoms with Crippen molar-refractivity contribution in [2.75, 3.05) is 31.1 Å². The maximum atomic E-state index is 13.1. The Morgan fingerprint density at radius 1 is 1.00 bits per heavy atom. The molecular weight excluding hydrogens is 406 g/mol. The highest BCUT2D eigenvalue weighted by molar-refractivity contribution is 7.91. The lowest BCUT2D eigenvalue weighted by Crippen LogP contribution is -2.44. The van der Waals surface area contributed by atoms with Crippen LogP contribution in [0.4, 0.5) is 0 Å². The van der Waals surface area contributed by atoms with Gasteiger partial charge in [0.25, 0.3) is 11.8 Å². The second-order valence-corrected chi connectivity index (χ2v) is 10.0. The van der Waals surface area contributed by atoms with E-state index in [1.807, 2.05) is 30.3 Å². The number of amides is 2. The Kier molecular flexibility index (Phi) is 4.39. The number of rotatable bonds is 2. The molecule has 9 nitrogen and oxygen atoms in total. The van der Waals surface area contributed by atoms with Gasteiger partial charge < -0.3 is 14.8 Å². The van der Waals surface area contributed by atoms with Gasteiger partial charge in [-0.2, -0.15) is 5.10 Å². The Labute approximate surface area is 173 Å². The van der Waals surface area contributed by atoms with Crippen LogP contribution >= 0.6 is 0 Å². The van der Waals surface area contributed by atoms with Gasteiger partial charge in [0.05, 0.1) is 18.1 Å². The minimum atomic E-state index is -3.08. The lowest BCUT2D eigenvalue weighted by molar-refractivity contribution is 0.0714. The smallest absolute Gasteiger partial charge is 0.274 e. The fourth-order valence-electron chi connectivity index (χ4n) is 4.07. The molecule has 10 heteroatoms. The number of hydrogen-bond acceptors (Lipinski definition) is 5. The second-order valence-electron chi connectivity index (χ2n) is 7.72. The van der Waals surface area contributed by atoms with Crippen molar-refractivity contribution in [3.05, 3.63) is 53.0 Å². The minimum Gasteiger partial charge on any atom is -0.351 e. The fourth-order valence-corrected chi connectivity index (χ4v) is 5.27. The van der Waals surface area contributed by atoms with Crippen LogP contribution in [-0.2, 0) is 22.8 Å². The zero-order valence-corrected chi connectivity index (χ0v) is 17.0.